The van der Waals surface area contributed by atoms with Crippen LogP contribution in [0.3, 0.4) is 0 Å². The lowest BCUT2D eigenvalue weighted by molar-refractivity contribution is -0.139. The number of nitrogens with zero attached hydrogens (tertiary/aromatic N) is 4. The van der Waals surface area contributed by atoms with Crippen molar-refractivity contribution in [1.29, 1.82) is 0 Å². The molecule has 2 amide bonds. The third-order valence-corrected chi connectivity index (χ3v) is 8.30. The maximum atomic E-state index is 14.0. The molecule has 0 saturated carbocycles. The van der Waals surface area contributed by atoms with E-state index in [9.17, 15) is 22.8 Å². The summed E-state index contributed by atoms with van der Waals surface area (Å²) in [6, 6.07) is 4.72. The van der Waals surface area contributed by atoms with E-state index in [-0.39, 0.29) is 46.8 Å². The topological polar surface area (TPSA) is 118 Å². The first-order chi connectivity index (χ1) is 21.5. The van der Waals surface area contributed by atoms with Crippen LogP contribution in [0.1, 0.15) is 42.1 Å². The van der Waals surface area contributed by atoms with Crippen molar-refractivity contribution in [2.24, 2.45) is 5.92 Å². The number of rotatable bonds is 10. The molecule has 1 fully saturated rings. The summed E-state index contributed by atoms with van der Waals surface area (Å²) in [6.07, 6.45) is -0.408. The number of halogens is 3. The monoisotopic (exact) mass is 630 g/mol. The lowest BCUT2D eigenvalue weighted by Crippen LogP contribution is -2.45. The fraction of sp³-hybridized carbons (Fsp3) is 0.484. The molecule has 1 unspecified atom stereocenters. The molecule has 1 aromatic heterocycles. The van der Waals surface area contributed by atoms with Crippen molar-refractivity contribution in [3.63, 3.8) is 0 Å². The van der Waals surface area contributed by atoms with E-state index in [1.54, 1.807) is 32.4 Å². The Morgan fingerprint density at radius 1 is 1.18 bits per heavy atom. The quantitative estimate of drug-likeness (QED) is 0.399. The van der Waals surface area contributed by atoms with Crippen LogP contribution in [0, 0.1) is 5.92 Å². The lowest BCUT2D eigenvalue weighted by Gasteiger charge is -2.32. The van der Waals surface area contributed by atoms with Gasteiger partial charge in [-0.2, -0.15) is 18.2 Å². The SMILES string of the molecule is COCCN1CCC(NC(=O)c2ccc(Nc3ncc(C(F)(F)F)c(OC4=CCC(C)C5=C4C(=O)N(C)C5)n3)c(OC)c2)CC1. The number of allylic oxidation sites excluding steroid dienone is 1. The molecular weight excluding hydrogens is 593 g/mol. The molecule has 1 aromatic carbocycles. The molecule has 2 N–H and O–H groups in total. The van der Waals surface area contributed by atoms with Crippen LogP contribution < -0.4 is 20.1 Å². The number of aromatic nitrogens is 2. The van der Waals surface area contributed by atoms with Gasteiger partial charge in [0.1, 0.15) is 17.1 Å². The number of hydrogen-bond acceptors (Lipinski definition) is 9. The molecule has 2 aromatic rings. The van der Waals surface area contributed by atoms with Gasteiger partial charge < -0.3 is 34.6 Å². The molecule has 1 aliphatic carbocycles. The fourth-order valence-electron chi connectivity index (χ4n) is 5.67. The van der Waals surface area contributed by atoms with Gasteiger partial charge in [0.05, 0.1) is 25.0 Å². The Hall–Kier alpha value is -4.17. The number of hydrogen-bond donors (Lipinski definition) is 2. The smallest absolute Gasteiger partial charge is 0.423 e. The van der Waals surface area contributed by atoms with E-state index in [0.717, 1.165) is 38.0 Å². The van der Waals surface area contributed by atoms with Gasteiger partial charge in [-0.15, -0.1) is 0 Å². The van der Waals surface area contributed by atoms with Gasteiger partial charge in [-0.05, 0) is 55.0 Å². The van der Waals surface area contributed by atoms with Gasteiger partial charge in [-0.25, -0.2) is 4.98 Å². The van der Waals surface area contributed by atoms with Crippen LogP contribution >= 0.6 is 0 Å². The molecule has 1 atom stereocenters. The summed E-state index contributed by atoms with van der Waals surface area (Å²) in [6.45, 7) is 5.59. The summed E-state index contributed by atoms with van der Waals surface area (Å²) >= 11 is 0. The summed E-state index contributed by atoms with van der Waals surface area (Å²) in [5.74, 6) is -1.14. The maximum absolute atomic E-state index is 14.0. The Balaban J connectivity index is 1.32. The van der Waals surface area contributed by atoms with Crippen molar-refractivity contribution in [1.82, 2.24) is 25.1 Å². The number of likely N-dealkylation sites (tertiary alicyclic amines) is 1. The van der Waals surface area contributed by atoms with E-state index >= 15 is 0 Å². The first-order valence-electron chi connectivity index (χ1n) is 14.8. The number of amides is 2. The van der Waals surface area contributed by atoms with Crippen molar-refractivity contribution < 1.29 is 37.0 Å². The van der Waals surface area contributed by atoms with Crippen molar-refractivity contribution in [2.45, 2.75) is 38.4 Å². The van der Waals surface area contributed by atoms with E-state index < -0.39 is 17.6 Å². The number of alkyl halides is 3. The number of piperidine rings is 1. The minimum Gasteiger partial charge on any atom is -0.495 e. The first kappa shape index (κ1) is 32.2. The largest absolute Gasteiger partial charge is 0.495 e. The Labute approximate surface area is 259 Å². The van der Waals surface area contributed by atoms with Gasteiger partial charge in [-0.1, -0.05) is 6.92 Å². The van der Waals surface area contributed by atoms with Crippen LogP contribution in [0.5, 0.6) is 11.6 Å². The zero-order valence-corrected chi connectivity index (χ0v) is 25.7. The number of anilines is 2. The molecule has 0 radical (unpaired) electrons. The van der Waals surface area contributed by atoms with Crippen LogP contribution in [0.4, 0.5) is 24.8 Å². The minimum atomic E-state index is -4.81. The second-order valence-electron chi connectivity index (χ2n) is 11.4. The maximum Gasteiger partial charge on any atom is 0.423 e. The normalized spacial score (nSPS) is 19.4. The summed E-state index contributed by atoms with van der Waals surface area (Å²) in [5.41, 5.74) is 0.601. The molecular formula is C31H37F3N6O5. The summed E-state index contributed by atoms with van der Waals surface area (Å²) in [5, 5.41) is 5.94. The van der Waals surface area contributed by atoms with Gasteiger partial charge in [-0.3, -0.25) is 9.59 Å². The number of ether oxygens (including phenoxy) is 3. The number of carbonyl (C=O) groups excluding carboxylic acids is 2. The average molecular weight is 631 g/mol. The molecule has 2 aliphatic heterocycles. The fourth-order valence-corrected chi connectivity index (χ4v) is 5.67. The molecule has 0 bridgehead atoms. The standard InChI is InChI=1S/C31H37F3N6O5/c1-18-5-8-24(26-21(18)17-39(2)29(26)42)45-28-22(31(32,33)34)16-35-30(38-28)37-23-7-6-19(15-25(23)44-4)27(41)36-20-9-11-40(12-10-20)13-14-43-3/h6-8,15-16,18,20H,5,9-14,17H2,1-4H3,(H,36,41)(H,35,37,38). The van der Waals surface area contributed by atoms with E-state index in [1.165, 1.54) is 18.1 Å². The number of likely N-dealkylation sites (N-methyl/N-ethyl adjacent to an activating group) is 1. The molecule has 5 rings (SSSR count). The van der Waals surface area contributed by atoms with Gasteiger partial charge in [0.25, 0.3) is 11.8 Å². The Kier molecular flexibility index (Phi) is 9.63. The van der Waals surface area contributed by atoms with Crippen molar-refractivity contribution in [2.75, 3.05) is 59.4 Å². The number of carbonyl (C=O) groups is 2. The van der Waals surface area contributed by atoms with E-state index in [0.29, 0.717) is 37.0 Å². The highest BCUT2D eigenvalue weighted by atomic mass is 19.4. The first-order valence-corrected chi connectivity index (χ1v) is 14.8. The summed E-state index contributed by atoms with van der Waals surface area (Å²) in [4.78, 5) is 37.5. The average Bonchev–Trinajstić information content (AvgIpc) is 3.32. The van der Waals surface area contributed by atoms with Crippen molar-refractivity contribution >= 4 is 23.5 Å². The minimum absolute atomic E-state index is 0.0355. The second-order valence-corrected chi connectivity index (χ2v) is 11.4. The van der Waals surface area contributed by atoms with E-state index in [2.05, 4.69) is 25.5 Å². The Bertz CT molecular complexity index is 1500. The molecule has 11 nitrogen and oxygen atoms in total. The molecule has 3 aliphatic rings. The third kappa shape index (κ3) is 7.22. The summed E-state index contributed by atoms with van der Waals surface area (Å²) in [7, 11) is 4.72. The van der Waals surface area contributed by atoms with Crippen LogP contribution in [0.25, 0.3) is 0 Å². The van der Waals surface area contributed by atoms with Crippen molar-refractivity contribution in [3.05, 3.63) is 58.5 Å². The second kappa shape index (κ2) is 13.4. The number of benzene rings is 1. The zero-order chi connectivity index (χ0) is 32.3. The van der Waals surface area contributed by atoms with Gasteiger partial charge in [0.2, 0.25) is 11.8 Å². The van der Waals surface area contributed by atoms with Gasteiger partial charge >= 0.3 is 6.18 Å². The van der Waals surface area contributed by atoms with Gasteiger partial charge in [0.15, 0.2) is 0 Å². The molecule has 0 spiro atoms. The van der Waals surface area contributed by atoms with Crippen LogP contribution in [0.15, 0.2) is 47.4 Å². The van der Waals surface area contributed by atoms with Crippen LogP contribution in [-0.4, -0.2) is 91.7 Å². The van der Waals surface area contributed by atoms with E-state index in [1.807, 2.05) is 6.92 Å². The predicted molar refractivity (Wildman–Crippen MR) is 159 cm³/mol. The highest BCUT2D eigenvalue weighted by molar-refractivity contribution is 6.01. The molecule has 242 valence electrons. The van der Waals surface area contributed by atoms with Crippen LogP contribution in [-0.2, 0) is 15.7 Å². The lowest BCUT2D eigenvalue weighted by atomic mass is 9.89. The molecule has 3 heterocycles. The highest BCUT2D eigenvalue weighted by Gasteiger charge is 2.40. The number of nitrogens with one attached hydrogen (secondary N) is 2. The highest BCUT2D eigenvalue weighted by Crippen LogP contribution is 2.40. The Morgan fingerprint density at radius 3 is 2.62 bits per heavy atom. The summed E-state index contributed by atoms with van der Waals surface area (Å²) < 4.78 is 58.2. The van der Waals surface area contributed by atoms with E-state index in [4.69, 9.17) is 14.2 Å². The van der Waals surface area contributed by atoms with Gasteiger partial charge in [0, 0.05) is 58.1 Å². The zero-order valence-electron chi connectivity index (χ0n) is 25.7. The molecule has 1 saturated heterocycles. The van der Waals surface area contributed by atoms with Crippen molar-refractivity contribution in [3.8, 4) is 11.6 Å². The van der Waals surface area contributed by atoms with Crippen LogP contribution in [0.2, 0.25) is 0 Å². The third-order valence-electron chi connectivity index (χ3n) is 8.30. The number of methoxy groups -OCH3 is 2. The molecule has 45 heavy (non-hydrogen) atoms. The Morgan fingerprint density at radius 2 is 1.93 bits per heavy atom. The predicted octanol–water partition coefficient (Wildman–Crippen LogP) is 4.16. The molecule has 14 heteroatoms.